The maximum Gasteiger partial charge on any atom is 0.139 e. The molecule has 0 aromatic heterocycles. The Balaban J connectivity index is 2.10. The van der Waals surface area contributed by atoms with Gasteiger partial charge in [0.1, 0.15) is 5.78 Å². The molecule has 2 aliphatic carbocycles. The number of carbonyl (C=O) groups is 1. The second-order valence-corrected chi connectivity index (χ2v) is 5.20. The summed E-state index contributed by atoms with van der Waals surface area (Å²) in [6, 6.07) is 0. The molecule has 0 heterocycles. The molecule has 68 valence electrons. The molecule has 3 unspecified atom stereocenters. The van der Waals surface area contributed by atoms with Gasteiger partial charge in [0, 0.05) is 11.8 Å². The lowest BCUT2D eigenvalue weighted by molar-refractivity contribution is -0.128. The summed E-state index contributed by atoms with van der Waals surface area (Å²) in [4.78, 5) is 11.8. The standard InChI is InChI=1S/C11H18O/c1-7(2)8-4-5-11(3)6-9(11)10(8)12/h7-9H,4-6H2,1-3H3. The number of Topliss-reactive ketones (excluding diaryl/α,β-unsaturated/α-hetero) is 1. The van der Waals surface area contributed by atoms with Crippen molar-refractivity contribution in [1.29, 1.82) is 0 Å². The van der Waals surface area contributed by atoms with Crippen molar-refractivity contribution in [2.75, 3.05) is 0 Å². The second-order valence-electron chi connectivity index (χ2n) is 5.20. The summed E-state index contributed by atoms with van der Waals surface area (Å²) < 4.78 is 0. The summed E-state index contributed by atoms with van der Waals surface area (Å²) in [7, 11) is 0. The van der Waals surface area contributed by atoms with Crippen LogP contribution in [0.5, 0.6) is 0 Å². The molecule has 0 radical (unpaired) electrons. The molecule has 1 nitrogen and oxygen atoms in total. The molecule has 0 saturated heterocycles. The van der Waals surface area contributed by atoms with Crippen molar-refractivity contribution in [3.63, 3.8) is 0 Å². The number of fused-ring (bicyclic) bond motifs is 1. The van der Waals surface area contributed by atoms with E-state index in [4.69, 9.17) is 0 Å². The number of carbonyl (C=O) groups excluding carboxylic acids is 1. The third-order valence-electron chi connectivity index (χ3n) is 3.89. The van der Waals surface area contributed by atoms with Crippen LogP contribution in [0.1, 0.15) is 40.0 Å². The van der Waals surface area contributed by atoms with Gasteiger partial charge in [0.15, 0.2) is 0 Å². The van der Waals surface area contributed by atoms with E-state index in [-0.39, 0.29) is 0 Å². The van der Waals surface area contributed by atoms with Crippen LogP contribution in [0.2, 0.25) is 0 Å². The number of hydrogen-bond acceptors (Lipinski definition) is 1. The van der Waals surface area contributed by atoms with Gasteiger partial charge in [-0.1, -0.05) is 20.8 Å². The first-order valence-corrected chi connectivity index (χ1v) is 5.08. The van der Waals surface area contributed by atoms with Gasteiger partial charge in [0.25, 0.3) is 0 Å². The fourth-order valence-corrected chi connectivity index (χ4v) is 2.68. The van der Waals surface area contributed by atoms with Crippen LogP contribution >= 0.6 is 0 Å². The summed E-state index contributed by atoms with van der Waals surface area (Å²) in [6.45, 7) is 6.62. The quantitative estimate of drug-likeness (QED) is 0.585. The predicted molar refractivity (Wildman–Crippen MR) is 48.8 cm³/mol. The molecule has 2 saturated carbocycles. The number of rotatable bonds is 1. The molecule has 0 N–H and O–H groups in total. The molecule has 2 rings (SSSR count). The molecule has 0 amide bonds. The minimum absolute atomic E-state index is 0.380. The van der Waals surface area contributed by atoms with E-state index in [0.717, 1.165) is 6.42 Å². The maximum absolute atomic E-state index is 11.8. The van der Waals surface area contributed by atoms with Crippen molar-refractivity contribution in [3.8, 4) is 0 Å². The second kappa shape index (κ2) is 2.34. The van der Waals surface area contributed by atoms with E-state index in [2.05, 4.69) is 20.8 Å². The largest absolute Gasteiger partial charge is 0.299 e. The van der Waals surface area contributed by atoms with E-state index in [1.54, 1.807) is 0 Å². The van der Waals surface area contributed by atoms with Crippen LogP contribution in [0.3, 0.4) is 0 Å². The summed E-state index contributed by atoms with van der Waals surface area (Å²) in [5, 5.41) is 0. The van der Waals surface area contributed by atoms with Crippen LogP contribution in [0.4, 0.5) is 0 Å². The smallest absolute Gasteiger partial charge is 0.139 e. The van der Waals surface area contributed by atoms with Crippen LogP contribution in [-0.2, 0) is 4.79 Å². The Bertz CT molecular complexity index is 219. The molecule has 2 aliphatic rings. The Hall–Kier alpha value is -0.330. The van der Waals surface area contributed by atoms with Gasteiger partial charge in [-0.3, -0.25) is 4.79 Å². The molecule has 0 aromatic rings. The molecular formula is C11H18O. The maximum atomic E-state index is 11.8. The first kappa shape index (κ1) is 8.28. The fraction of sp³-hybridized carbons (Fsp3) is 0.909. The molecule has 0 spiro atoms. The third-order valence-corrected chi connectivity index (χ3v) is 3.89. The van der Waals surface area contributed by atoms with Gasteiger partial charge < -0.3 is 0 Å². The van der Waals surface area contributed by atoms with Crippen molar-refractivity contribution < 1.29 is 4.79 Å². The zero-order valence-electron chi connectivity index (χ0n) is 8.26. The minimum Gasteiger partial charge on any atom is -0.299 e. The topological polar surface area (TPSA) is 17.1 Å². The predicted octanol–water partition coefficient (Wildman–Crippen LogP) is 2.65. The van der Waals surface area contributed by atoms with Crippen LogP contribution in [0, 0.1) is 23.2 Å². The lowest BCUT2D eigenvalue weighted by Gasteiger charge is -2.27. The first-order valence-electron chi connectivity index (χ1n) is 5.08. The molecule has 3 atom stereocenters. The highest BCUT2D eigenvalue weighted by Gasteiger charge is 2.58. The average molecular weight is 166 g/mol. The van der Waals surface area contributed by atoms with Crippen molar-refractivity contribution in [2.45, 2.75) is 40.0 Å². The highest BCUT2D eigenvalue weighted by Crippen LogP contribution is 2.61. The van der Waals surface area contributed by atoms with Gasteiger partial charge in [0.05, 0.1) is 0 Å². The Morgan fingerprint density at radius 1 is 1.50 bits per heavy atom. The lowest BCUT2D eigenvalue weighted by atomic mass is 9.77. The van der Waals surface area contributed by atoms with E-state index >= 15 is 0 Å². The van der Waals surface area contributed by atoms with Gasteiger partial charge in [-0.15, -0.1) is 0 Å². The van der Waals surface area contributed by atoms with Crippen LogP contribution < -0.4 is 0 Å². The summed E-state index contributed by atoms with van der Waals surface area (Å²) in [6.07, 6.45) is 3.60. The molecular weight excluding hydrogens is 148 g/mol. The Labute approximate surface area is 74.5 Å². The van der Waals surface area contributed by atoms with Crippen LogP contribution in [0.15, 0.2) is 0 Å². The van der Waals surface area contributed by atoms with Gasteiger partial charge in [-0.25, -0.2) is 0 Å². The molecule has 0 aliphatic heterocycles. The fourth-order valence-electron chi connectivity index (χ4n) is 2.68. The molecule has 2 fully saturated rings. The SMILES string of the molecule is CC(C)C1CCC2(C)CC2C1=O. The summed E-state index contributed by atoms with van der Waals surface area (Å²) in [5.74, 6) is 1.95. The molecule has 0 aromatic carbocycles. The zero-order chi connectivity index (χ0) is 8.93. The minimum atomic E-state index is 0.380. The van der Waals surface area contributed by atoms with Crippen LogP contribution in [-0.4, -0.2) is 5.78 Å². The lowest BCUT2D eigenvalue weighted by Crippen LogP contribution is -2.28. The van der Waals surface area contributed by atoms with Crippen molar-refractivity contribution >= 4 is 5.78 Å². The van der Waals surface area contributed by atoms with Gasteiger partial charge in [-0.2, -0.15) is 0 Å². The van der Waals surface area contributed by atoms with E-state index in [1.807, 2.05) is 0 Å². The van der Waals surface area contributed by atoms with E-state index in [0.29, 0.717) is 29.0 Å². The first-order chi connectivity index (χ1) is 5.54. The molecule has 1 heteroatoms. The van der Waals surface area contributed by atoms with Crippen molar-refractivity contribution in [3.05, 3.63) is 0 Å². The van der Waals surface area contributed by atoms with Gasteiger partial charge in [0.2, 0.25) is 0 Å². The summed E-state index contributed by atoms with van der Waals surface area (Å²) in [5.41, 5.74) is 0.433. The zero-order valence-corrected chi connectivity index (χ0v) is 8.26. The van der Waals surface area contributed by atoms with Gasteiger partial charge in [-0.05, 0) is 30.6 Å². The number of ketones is 1. The molecule has 0 bridgehead atoms. The normalized spacial score (nSPS) is 46.2. The molecule has 12 heavy (non-hydrogen) atoms. The van der Waals surface area contributed by atoms with E-state index in [1.165, 1.54) is 12.8 Å². The highest BCUT2D eigenvalue weighted by atomic mass is 16.1. The van der Waals surface area contributed by atoms with E-state index in [9.17, 15) is 4.79 Å². The monoisotopic (exact) mass is 166 g/mol. The van der Waals surface area contributed by atoms with Gasteiger partial charge >= 0.3 is 0 Å². The number of hydrogen-bond donors (Lipinski definition) is 0. The summed E-state index contributed by atoms with van der Waals surface area (Å²) >= 11 is 0. The van der Waals surface area contributed by atoms with Crippen molar-refractivity contribution in [2.24, 2.45) is 23.2 Å². The van der Waals surface area contributed by atoms with E-state index < -0.39 is 0 Å². The van der Waals surface area contributed by atoms with Crippen LogP contribution in [0.25, 0.3) is 0 Å². The van der Waals surface area contributed by atoms with Crippen molar-refractivity contribution in [1.82, 2.24) is 0 Å². The Kier molecular flexibility index (Phi) is 1.61. The Morgan fingerprint density at radius 3 is 2.75 bits per heavy atom. The third kappa shape index (κ3) is 1.02. The Morgan fingerprint density at radius 2 is 2.17 bits per heavy atom. The highest BCUT2D eigenvalue weighted by molar-refractivity contribution is 5.88. The average Bonchev–Trinajstić information content (AvgIpc) is 2.62.